The number of alkyl halides is 2. The van der Waals surface area contributed by atoms with Gasteiger partial charge in [0.05, 0.1) is 0 Å². The summed E-state index contributed by atoms with van der Waals surface area (Å²) in [7, 11) is 0. The van der Waals surface area contributed by atoms with E-state index in [1.165, 1.54) is 0 Å². The van der Waals surface area contributed by atoms with Crippen molar-refractivity contribution in [2.24, 2.45) is 0 Å². The molecule has 0 spiro atoms. The maximum Gasteiger partial charge on any atom is 0.250 e. The normalized spacial score (nSPS) is 23.6. The monoisotopic (exact) mass is 420 g/mol. The molecule has 0 aromatic rings. The zero-order valence-corrected chi connectivity index (χ0v) is 18.3. The molecule has 0 saturated carbocycles. The number of halogens is 2. The number of allylic oxidation sites excluding steroid dienone is 1. The highest BCUT2D eigenvalue weighted by Gasteiger charge is 2.36. The summed E-state index contributed by atoms with van der Waals surface area (Å²) in [5.41, 5.74) is 0.191. The molecule has 0 radical (unpaired) electrons. The highest BCUT2D eigenvalue weighted by atomic mass is 19.3. The highest BCUT2D eigenvalue weighted by Crippen LogP contribution is 2.30. The van der Waals surface area contributed by atoms with Gasteiger partial charge in [0.25, 0.3) is 5.92 Å². The number of nitrogens with zero attached hydrogens (tertiary/aromatic N) is 6. The molecular formula is C22H34F2N6. The van der Waals surface area contributed by atoms with Crippen LogP contribution in [0.1, 0.15) is 46.0 Å². The van der Waals surface area contributed by atoms with E-state index in [4.69, 9.17) is 0 Å². The lowest BCUT2D eigenvalue weighted by Gasteiger charge is -2.40. The first-order valence-electron chi connectivity index (χ1n) is 11.2. The van der Waals surface area contributed by atoms with Gasteiger partial charge in [-0.25, -0.2) is 8.78 Å². The molecule has 0 N–H and O–H groups in total. The molecule has 0 bridgehead atoms. The fraction of sp³-hybridized carbons (Fsp3) is 0.818. The summed E-state index contributed by atoms with van der Waals surface area (Å²) in [6.07, 6.45) is 2.82. The predicted octanol–water partition coefficient (Wildman–Crippen LogP) is 2.86. The van der Waals surface area contributed by atoms with Gasteiger partial charge in [-0.2, -0.15) is 10.5 Å². The van der Waals surface area contributed by atoms with Crippen molar-refractivity contribution in [2.75, 3.05) is 52.4 Å². The SMILES string of the molecule is CC(C)N1CCC(N2CCN(CCCN3CCC(F)(F)CC3)C2=C(C#N)C#N)CC1. The Bertz CT molecular complexity index is 673. The van der Waals surface area contributed by atoms with Crippen LogP contribution < -0.4 is 0 Å². The molecule has 6 nitrogen and oxygen atoms in total. The minimum Gasteiger partial charge on any atom is -0.355 e. The molecule has 0 unspecified atom stereocenters. The molecular weight excluding hydrogens is 386 g/mol. The summed E-state index contributed by atoms with van der Waals surface area (Å²) < 4.78 is 26.7. The van der Waals surface area contributed by atoms with Crippen molar-refractivity contribution in [1.82, 2.24) is 19.6 Å². The van der Waals surface area contributed by atoms with Gasteiger partial charge in [-0.3, -0.25) is 0 Å². The smallest absolute Gasteiger partial charge is 0.250 e. The van der Waals surface area contributed by atoms with E-state index < -0.39 is 5.92 Å². The fourth-order valence-electron chi connectivity index (χ4n) is 4.92. The van der Waals surface area contributed by atoms with Gasteiger partial charge < -0.3 is 19.6 Å². The fourth-order valence-corrected chi connectivity index (χ4v) is 4.92. The first-order valence-corrected chi connectivity index (χ1v) is 11.2. The Balaban J connectivity index is 1.58. The lowest BCUT2D eigenvalue weighted by atomic mass is 10.0. The maximum atomic E-state index is 13.3. The first-order chi connectivity index (χ1) is 14.3. The van der Waals surface area contributed by atoms with Crippen molar-refractivity contribution in [3.05, 3.63) is 11.4 Å². The minimum absolute atomic E-state index is 0.0578. The molecule has 3 aliphatic rings. The minimum atomic E-state index is -2.51. The van der Waals surface area contributed by atoms with Crippen molar-refractivity contribution in [3.63, 3.8) is 0 Å². The molecule has 30 heavy (non-hydrogen) atoms. The second kappa shape index (κ2) is 9.94. The van der Waals surface area contributed by atoms with Crippen LogP contribution in [0.2, 0.25) is 0 Å². The zero-order valence-electron chi connectivity index (χ0n) is 18.3. The van der Waals surface area contributed by atoms with Gasteiger partial charge in [0, 0.05) is 70.7 Å². The van der Waals surface area contributed by atoms with Gasteiger partial charge in [-0.15, -0.1) is 0 Å². The Hall–Kier alpha value is -1.90. The standard InChI is InChI=1S/C22H34F2N6/c1-18(2)28-10-4-20(5-11-28)30-15-14-29(21(30)19(16-25)17-26)9-3-8-27-12-6-22(23,24)7-13-27/h18,20H,3-15H2,1-2H3. The van der Waals surface area contributed by atoms with E-state index in [2.05, 4.69) is 45.6 Å². The summed E-state index contributed by atoms with van der Waals surface area (Å²) >= 11 is 0. The Morgan fingerprint density at radius 1 is 1.00 bits per heavy atom. The van der Waals surface area contributed by atoms with Crippen LogP contribution in [0.25, 0.3) is 0 Å². The first kappa shape index (κ1) is 22.8. The third kappa shape index (κ3) is 5.42. The summed E-state index contributed by atoms with van der Waals surface area (Å²) in [5, 5.41) is 19.1. The molecule has 3 rings (SSSR count). The molecule has 166 valence electrons. The van der Waals surface area contributed by atoms with Crippen molar-refractivity contribution in [1.29, 1.82) is 10.5 Å². The Morgan fingerprint density at radius 2 is 1.63 bits per heavy atom. The van der Waals surface area contributed by atoms with Gasteiger partial charge in [-0.05, 0) is 39.7 Å². The van der Waals surface area contributed by atoms with Crippen LogP contribution >= 0.6 is 0 Å². The van der Waals surface area contributed by atoms with Gasteiger partial charge in [0.2, 0.25) is 0 Å². The van der Waals surface area contributed by atoms with E-state index in [1.807, 2.05) is 0 Å². The summed E-state index contributed by atoms with van der Waals surface area (Å²) in [6.45, 7) is 10.6. The Labute approximate surface area is 179 Å². The maximum absolute atomic E-state index is 13.3. The van der Waals surface area contributed by atoms with E-state index in [-0.39, 0.29) is 18.4 Å². The molecule has 3 aliphatic heterocycles. The number of hydrogen-bond acceptors (Lipinski definition) is 6. The largest absolute Gasteiger partial charge is 0.355 e. The summed E-state index contributed by atoms with van der Waals surface area (Å²) in [5.74, 6) is -1.73. The van der Waals surface area contributed by atoms with Gasteiger partial charge in [0.15, 0.2) is 5.57 Å². The van der Waals surface area contributed by atoms with E-state index >= 15 is 0 Å². The van der Waals surface area contributed by atoms with Crippen molar-refractivity contribution < 1.29 is 8.78 Å². The van der Waals surface area contributed by atoms with E-state index in [0.717, 1.165) is 64.4 Å². The second-order valence-corrected chi connectivity index (χ2v) is 9.01. The average molecular weight is 421 g/mol. The quantitative estimate of drug-likeness (QED) is 0.616. The Kier molecular flexibility index (Phi) is 7.55. The lowest BCUT2D eigenvalue weighted by molar-refractivity contribution is -0.0553. The molecule has 3 fully saturated rings. The number of likely N-dealkylation sites (tertiary alicyclic amines) is 2. The van der Waals surface area contributed by atoms with E-state index in [1.54, 1.807) is 0 Å². The molecule has 3 saturated heterocycles. The molecule has 0 aromatic heterocycles. The zero-order chi connectivity index (χ0) is 21.7. The summed E-state index contributed by atoms with van der Waals surface area (Å²) in [6, 6.07) is 5.10. The molecule has 0 amide bonds. The lowest BCUT2D eigenvalue weighted by Crippen LogP contribution is -2.46. The van der Waals surface area contributed by atoms with Crippen LogP contribution in [0.15, 0.2) is 11.4 Å². The number of hydrogen-bond donors (Lipinski definition) is 0. The van der Waals surface area contributed by atoms with Crippen molar-refractivity contribution >= 4 is 0 Å². The van der Waals surface area contributed by atoms with E-state index in [9.17, 15) is 19.3 Å². The van der Waals surface area contributed by atoms with Crippen LogP contribution in [0.4, 0.5) is 8.78 Å². The van der Waals surface area contributed by atoms with Crippen molar-refractivity contribution in [2.45, 2.75) is 64.0 Å². The molecule has 0 aliphatic carbocycles. The highest BCUT2D eigenvalue weighted by molar-refractivity contribution is 5.40. The Morgan fingerprint density at radius 3 is 2.20 bits per heavy atom. The third-order valence-corrected chi connectivity index (χ3v) is 6.79. The average Bonchev–Trinajstić information content (AvgIpc) is 3.14. The molecule has 0 aromatic carbocycles. The van der Waals surface area contributed by atoms with E-state index in [0.29, 0.717) is 25.2 Å². The van der Waals surface area contributed by atoms with Crippen molar-refractivity contribution in [3.8, 4) is 12.1 Å². The van der Waals surface area contributed by atoms with Gasteiger partial charge in [0.1, 0.15) is 18.0 Å². The third-order valence-electron chi connectivity index (χ3n) is 6.79. The molecule has 3 heterocycles. The van der Waals surface area contributed by atoms with Crippen LogP contribution in [0.3, 0.4) is 0 Å². The number of rotatable bonds is 6. The van der Waals surface area contributed by atoms with Crippen LogP contribution in [-0.2, 0) is 0 Å². The van der Waals surface area contributed by atoms with Gasteiger partial charge >= 0.3 is 0 Å². The topological polar surface area (TPSA) is 60.5 Å². The summed E-state index contributed by atoms with van der Waals surface area (Å²) in [4.78, 5) is 9.02. The molecule has 8 heteroatoms. The molecule has 0 atom stereocenters. The number of piperidine rings is 2. The van der Waals surface area contributed by atoms with Crippen LogP contribution in [-0.4, -0.2) is 90.0 Å². The van der Waals surface area contributed by atoms with Gasteiger partial charge in [-0.1, -0.05) is 0 Å². The second-order valence-electron chi connectivity index (χ2n) is 9.01. The predicted molar refractivity (Wildman–Crippen MR) is 112 cm³/mol. The van der Waals surface area contributed by atoms with Crippen LogP contribution in [0, 0.1) is 22.7 Å². The number of nitriles is 2. The van der Waals surface area contributed by atoms with Crippen LogP contribution in [0.5, 0.6) is 0 Å².